The standard InChI is InChI=1S/C21H29N3O4S/c1-16-11-17(2)13-24(12-16)29(26,27)20-8-6-18(7-9-20)22-21(25)15-23(3)14-19-5-4-10-28-19/h4-10,16-17H,11-15H2,1-3H3,(H,22,25)/p+1/t16-,17-/m1/s1. The van der Waals surface area contributed by atoms with Gasteiger partial charge < -0.3 is 14.6 Å². The second kappa shape index (κ2) is 9.11. The Kier molecular flexibility index (Phi) is 6.77. The maximum Gasteiger partial charge on any atom is 0.279 e. The predicted molar refractivity (Wildman–Crippen MR) is 111 cm³/mol. The van der Waals surface area contributed by atoms with Crippen LogP contribution in [0.3, 0.4) is 0 Å². The smallest absolute Gasteiger partial charge is 0.279 e. The summed E-state index contributed by atoms with van der Waals surface area (Å²) in [5.74, 6) is 1.40. The average Bonchev–Trinajstić information content (AvgIpc) is 3.14. The summed E-state index contributed by atoms with van der Waals surface area (Å²) >= 11 is 0. The van der Waals surface area contributed by atoms with E-state index < -0.39 is 10.0 Å². The van der Waals surface area contributed by atoms with E-state index in [9.17, 15) is 13.2 Å². The van der Waals surface area contributed by atoms with Gasteiger partial charge in [0.1, 0.15) is 6.54 Å². The fourth-order valence-corrected chi connectivity index (χ4v) is 5.59. The van der Waals surface area contributed by atoms with Crippen LogP contribution in [0.2, 0.25) is 0 Å². The van der Waals surface area contributed by atoms with E-state index in [4.69, 9.17) is 4.42 Å². The molecule has 8 heteroatoms. The fourth-order valence-electron chi connectivity index (χ4n) is 3.91. The molecule has 1 aliphatic rings. The van der Waals surface area contributed by atoms with E-state index in [1.807, 2.05) is 19.2 Å². The Hall–Kier alpha value is -2.16. The van der Waals surface area contributed by atoms with Gasteiger partial charge in [0.25, 0.3) is 5.91 Å². The van der Waals surface area contributed by atoms with Crippen molar-refractivity contribution in [3.63, 3.8) is 0 Å². The largest absolute Gasteiger partial charge is 0.463 e. The Labute approximate surface area is 172 Å². The second-order valence-electron chi connectivity index (χ2n) is 8.23. The monoisotopic (exact) mass is 420 g/mol. The molecule has 1 fully saturated rings. The molecule has 2 aromatic rings. The molecule has 1 unspecified atom stereocenters. The van der Waals surface area contributed by atoms with Crippen molar-refractivity contribution in [2.45, 2.75) is 31.7 Å². The van der Waals surface area contributed by atoms with E-state index in [1.165, 1.54) is 0 Å². The normalized spacial score (nSPS) is 21.6. The number of hydrogen-bond acceptors (Lipinski definition) is 4. The third-order valence-corrected chi connectivity index (χ3v) is 6.98. The summed E-state index contributed by atoms with van der Waals surface area (Å²) in [7, 11) is -1.60. The molecule has 0 saturated carbocycles. The zero-order chi connectivity index (χ0) is 21.0. The van der Waals surface area contributed by atoms with E-state index >= 15 is 0 Å². The Morgan fingerprint density at radius 3 is 2.41 bits per heavy atom. The van der Waals surface area contributed by atoms with Crippen molar-refractivity contribution in [3.05, 3.63) is 48.4 Å². The summed E-state index contributed by atoms with van der Waals surface area (Å²) in [5, 5.41) is 2.83. The number of nitrogens with zero attached hydrogens (tertiary/aromatic N) is 1. The number of hydrogen-bond donors (Lipinski definition) is 2. The average molecular weight is 421 g/mol. The summed E-state index contributed by atoms with van der Waals surface area (Å²) in [6.07, 6.45) is 2.66. The van der Waals surface area contributed by atoms with E-state index in [2.05, 4.69) is 19.2 Å². The van der Waals surface area contributed by atoms with Crippen molar-refractivity contribution >= 4 is 21.6 Å². The molecular weight excluding hydrogens is 390 g/mol. The van der Waals surface area contributed by atoms with E-state index in [1.54, 1.807) is 34.8 Å². The highest BCUT2D eigenvalue weighted by atomic mass is 32.2. The first-order valence-electron chi connectivity index (χ1n) is 9.98. The highest BCUT2D eigenvalue weighted by Gasteiger charge is 2.31. The summed E-state index contributed by atoms with van der Waals surface area (Å²) in [5.41, 5.74) is 0.583. The number of anilines is 1. The first-order valence-corrected chi connectivity index (χ1v) is 11.4. The van der Waals surface area contributed by atoms with Gasteiger partial charge in [0, 0.05) is 18.8 Å². The maximum atomic E-state index is 12.9. The van der Waals surface area contributed by atoms with Crippen LogP contribution in [0.1, 0.15) is 26.0 Å². The number of rotatable bonds is 7. The summed E-state index contributed by atoms with van der Waals surface area (Å²) < 4.78 is 32.7. The van der Waals surface area contributed by atoms with Crippen LogP contribution in [-0.4, -0.2) is 45.3 Å². The maximum absolute atomic E-state index is 12.9. The van der Waals surface area contributed by atoms with Crippen LogP contribution in [0.15, 0.2) is 52.0 Å². The van der Waals surface area contributed by atoms with Gasteiger partial charge in [-0.05, 0) is 54.7 Å². The number of furan rings is 1. The Balaban J connectivity index is 1.58. The Morgan fingerprint density at radius 1 is 1.17 bits per heavy atom. The van der Waals surface area contributed by atoms with Gasteiger partial charge in [-0.25, -0.2) is 8.42 Å². The van der Waals surface area contributed by atoms with Crippen molar-refractivity contribution in [2.75, 3.05) is 32.0 Å². The lowest BCUT2D eigenvalue weighted by molar-refractivity contribution is -0.886. The zero-order valence-electron chi connectivity index (χ0n) is 17.2. The minimum absolute atomic E-state index is 0.136. The quantitative estimate of drug-likeness (QED) is 0.713. The second-order valence-corrected chi connectivity index (χ2v) is 10.2. The molecule has 0 bridgehead atoms. The van der Waals surface area contributed by atoms with Gasteiger partial charge >= 0.3 is 0 Å². The molecule has 2 N–H and O–H groups in total. The molecule has 3 rings (SSSR count). The Morgan fingerprint density at radius 2 is 1.83 bits per heavy atom. The molecule has 29 heavy (non-hydrogen) atoms. The van der Waals surface area contributed by atoms with Gasteiger partial charge in [0.15, 0.2) is 12.3 Å². The molecule has 0 aliphatic carbocycles. The van der Waals surface area contributed by atoms with Crippen LogP contribution in [-0.2, 0) is 21.4 Å². The highest BCUT2D eigenvalue weighted by Crippen LogP contribution is 2.27. The van der Waals surface area contributed by atoms with Gasteiger partial charge in [0.2, 0.25) is 10.0 Å². The van der Waals surface area contributed by atoms with Gasteiger partial charge in [-0.3, -0.25) is 4.79 Å². The van der Waals surface area contributed by atoms with Gasteiger partial charge in [-0.15, -0.1) is 0 Å². The first-order chi connectivity index (χ1) is 13.7. The number of benzene rings is 1. The third kappa shape index (κ3) is 5.68. The molecule has 1 aromatic carbocycles. The molecule has 1 aliphatic heterocycles. The number of amides is 1. The minimum Gasteiger partial charge on any atom is -0.463 e. The number of likely N-dealkylation sites (N-methyl/N-ethyl adjacent to an activating group) is 1. The Bertz CT molecular complexity index is 900. The van der Waals surface area contributed by atoms with Crippen molar-refractivity contribution in [2.24, 2.45) is 11.8 Å². The lowest BCUT2D eigenvalue weighted by Crippen LogP contribution is -3.08. The van der Waals surface area contributed by atoms with Crippen molar-refractivity contribution in [3.8, 4) is 0 Å². The zero-order valence-corrected chi connectivity index (χ0v) is 18.0. The third-order valence-electron chi connectivity index (χ3n) is 5.13. The van der Waals surface area contributed by atoms with E-state index in [-0.39, 0.29) is 17.3 Å². The van der Waals surface area contributed by atoms with Crippen molar-refractivity contribution < 1.29 is 22.5 Å². The van der Waals surface area contributed by atoms with E-state index in [0.717, 1.165) is 17.1 Å². The number of carbonyl (C=O) groups excluding carboxylic acids is 1. The molecule has 0 spiro atoms. The number of sulfonamides is 1. The molecular formula is C21H30N3O4S+. The number of carbonyl (C=O) groups is 1. The molecule has 0 radical (unpaired) electrons. The number of quaternary nitrogens is 1. The van der Waals surface area contributed by atoms with Crippen LogP contribution >= 0.6 is 0 Å². The van der Waals surface area contributed by atoms with Crippen molar-refractivity contribution in [1.29, 1.82) is 0 Å². The molecule has 2 heterocycles. The predicted octanol–water partition coefficient (Wildman–Crippen LogP) is 1.60. The lowest BCUT2D eigenvalue weighted by Gasteiger charge is -2.34. The van der Waals surface area contributed by atoms with Crippen molar-refractivity contribution in [1.82, 2.24) is 4.31 Å². The van der Waals surface area contributed by atoms with Crippen LogP contribution in [0.5, 0.6) is 0 Å². The number of nitrogens with one attached hydrogen (secondary N) is 2. The number of piperidine rings is 1. The fraction of sp³-hybridized carbons (Fsp3) is 0.476. The topological polar surface area (TPSA) is 84.1 Å². The van der Waals surface area contributed by atoms with Gasteiger partial charge in [-0.1, -0.05) is 13.8 Å². The first kappa shape index (κ1) is 21.5. The highest BCUT2D eigenvalue weighted by molar-refractivity contribution is 7.89. The van der Waals surface area contributed by atoms with Crippen LogP contribution in [0.4, 0.5) is 5.69 Å². The van der Waals surface area contributed by atoms with Crippen LogP contribution in [0, 0.1) is 11.8 Å². The lowest BCUT2D eigenvalue weighted by atomic mass is 9.94. The van der Waals surface area contributed by atoms with Crippen LogP contribution in [0.25, 0.3) is 0 Å². The van der Waals surface area contributed by atoms with Gasteiger partial charge in [-0.2, -0.15) is 4.31 Å². The molecule has 3 atom stereocenters. The molecule has 1 amide bonds. The minimum atomic E-state index is -3.52. The summed E-state index contributed by atoms with van der Waals surface area (Å²) in [4.78, 5) is 13.5. The molecule has 1 aromatic heterocycles. The SMILES string of the molecule is C[C@@H]1C[C@@H](C)CN(S(=O)(=O)c2ccc(NC(=O)C[NH+](C)Cc3ccco3)cc2)C1. The van der Waals surface area contributed by atoms with Gasteiger partial charge in [0.05, 0.1) is 18.2 Å². The van der Waals surface area contributed by atoms with Crippen LogP contribution < -0.4 is 10.2 Å². The molecule has 7 nitrogen and oxygen atoms in total. The van der Waals surface area contributed by atoms with E-state index in [0.29, 0.717) is 37.2 Å². The summed E-state index contributed by atoms with van der Waals surface area (Å²) in [6, 6.07) is 10.1. The summed E-state index contributed by atoms with van der Waals surface area (Å²) in [6.45, 7) is 6.17. The molecule has 1 saturated heterocycles. The molecule has 158 valence electrons.